The Morgan fingerprint density at radius 2 is 1.18 bits per heavy atom. The highest BCUT2D eigenvalue weighted by Crippen LogP contribution is 2.40. The van der Waals surface area contributed by atoms with E-state index in [1.165, 1.54) is 6.92 Å². The summed E-state index contributed by atoms with van der Waals surface area (Å²) < 4.78 is 12.1. The summed E-state index contributed by atoms with van der Waals surface area (Å²) in [6, 6.07) is 30.6. The number of esters is 1. The summed E-state index contributed by atoms with van der Waals surface area (Å²) in [7, 11) is 0. The van der Waals surface area contributed by atoms with Crippen LogP contribution in [0.2, 0.25) is 0 Å². The molecule has 144 valence electrons. The van der Waals surface area contributed by atoms with Crippen LogP contribution in [0, 0.1) is 0 Å². The minimum atomic E-state index is -0.794. The fraction of sp³-hybridized carbons (Fsp3) is 0.240. The average molecular weight is 374 g/mol. The van der Waals surface area contributed by atoms with Gasteiger partial charge in [-0.25, -0.2) is 0 Å². The number of benzene rings is 3. The molecule has 3 aromatic carbocycles. The third-order valence-electron chi connectivity index (χ3n) is 4.81. The molecule has 0 fully saturated rings. The smallest absolute Gasteiger partial charge is 0.302 e. The van der Waals surface area contributed by atoms with Crippen LogP contribution >= 0.6 is 0 Å². The lowest BCUT2D eigenvalue weighted by Gasteiger charge is -2.37. The molecule has 0 N–H and O–H groups in total. The number of hydrogen-bond donors (Lipinski definition) is 0. The van der Waals surface area contributed by atoms with Crippen molar-refractivity contribution in [3.05, 3.63) is 108 Å². The second kappa shape index (κ2) is 9.34. The first kappa shape index (κ1) is 19.8. The third-order valence-corrected chi connectivity index (χ3v) is 4.81. The Morgan fingerprint density at radius 1 is 0.786 bits per heavy atom. The molecule has 0 amide bonds. The standard InChI is InChI=1S/C25H26O3/c1-3-24(28-20(2)26)19-27-25(21-13-7-4-8-14-21,22-15-9-5-10-16-22)23-17-11-6-12-18-23/h4-18,24H,3,19H2,1-2H3/t24-/m1/s1. The van der Waals surface area contributed by atoms with Crippen LogP contribution in [0.3, 0.4) is 0 Å². The number of carbonyl (C=O) groups is 1. The summed E-state index contributed by atoms with van der Waals surface area (Å²) in [5.74, 6) is -0.291. The monoisotopic (exact) mass is 374 g/mol. The van der Waals surface area contributed by atoms with Crippen LogP contribution < -0.4 is 0 Å². The van der Waals surface area contributed by atoms with Gasteiger partial charge >= 0.3 is 5.97 Å². The van der Waals surface area contributed by atoms with Gasteiger partial charge in [-0.15, -0.1) is 0 Å². The summed E-state index contributed by atoms with van der Waals surface area (Å²) in [5.41, 5.74) is 2.30. The van der Waals surface area contributed by atoms with E-state index in [0.717, 1.165) is 16.7 Å². The van der Waals surface area contributed by atoms with Crippen LogP contribution in [-0.4, -0.2) is 18.7 Å². The third kappa shape index (κ3) is 4.32. The van der Waals surface area contributed by atoms with Gasteiger partial charge in [0.05, 0.1) is 6.61 Å². The SMILES string of the molecule is CC[C@H](COC(c1ccccc1)(c1ccccc1)c1ccccc1)OC(C)=O. The molecule has 0 bridgehead atoms. The summed E-state index contributed by atoms with van der Waals surface area (Å²) >= 11 is 0. The zero-order valence-corrected chi connectivity index (χ0v) is 16.4. The number of ether oxygens (including phenoxy) is 2. The second-order valence-corrected chi connectivity index (χ2v) is 6.73. The maximum atomic E-state index is 11.5. The van der Waals surface area contributed by atoms with Crippen LogP contribution in [-0.2, 0) is 19.9 Å². The zero-order chi connectivity index (χ0) is 19.8. The van der Waals surface area contributed by atoms with E-state index in [2.05, 4.69) is 36.4 Å². The van der Waals surface area contributed by atoms with Gasteiger partial charge in [-0.05, 0) is 23.1 Å². The molecule has 3 heteroatoms. The maximum absolute atomic E-state index is 11.5. The summed E-state index contributed by atoms with van der Waals surface area (Å²) in [6.07, 6.45) is 0.390. The Morgan fingerprint density at radius 3 is 1.50 bits per heavy atom. The predicted octanol–water partition coefficient (Wildman–Crippen LogP) is 5.34. The first-order valence-electron chi connectivity index (χ1n) is 9.64. The summed E-state index contributed by atoms with van der Waals surface area (Å²) in [6.45, 7) is 3.72. The molecule has 0 radical (unpaired) electrons. The number of hydrogen-bond acceptors (Lipinski definition) is 3. The van der Waals surface area contributed by atoms with Gasteiger partial charge in [-0.1, -0.05) is 97.9 Å². The molecule has 0 aromatic heterocycles. The van der Waals surface area contributed by atoms with Crippen molar-refractivity contribution < 1.29 is 14.3 Å². The largest absolute Gasteiger partial charge is 0.460 e. The highest BCUT2D eigenvalue weighted by atomic mass is 16.6. The Bertz CT molecular complexity index is 763. The Hall–Kier alpha value is -2.91. The molecule has 1 atom stereocenters. The molecule has 3 rings (SSSR count). The maximum Gasteiger partial charge on any atom is 0.302 e. The lowest BCUT2D eigenvalue weighted by Crippen LogP contribution is -2.36. The van der Waals surface area contributed by atoms with E-state index in [0.29, 0.717) is 13.0 Å². The lowest BCUT2D eigenvalue weighted by molar-refractivity contribution is -0.152. The fourth-order valence-corrected chi connectivity index (χ4v) is 3.46. The van der Waals surface area contributed by atoms with E-state index >= 15 is 0 Å². The summed E-state index contributed by atoms with van der Waals surface area (Å²) in [4.78, 5) is 11.5. The average Bonchev–Trinajstić information content (AvgIpc) is 2.75. The fourth-order valence-electron chi connectivity index (χ4n) is 3.46. The normalized spacial score (nSPS) is 12.4. The molecule has 0 saturated carbocycles. The molecule has 0 aliphatic heterocycles. The summed E-state index contributed by atoms with van der Waals surface area (Å²) in [5, 5.41) is 0. The Kier molecular flexibility index (Phi) is 6.62. The van der Waals surface area contributed by atoms with Gasteiger partial charge < -0.3 is 9.47 Å². The van der Waals surface area contributed by atoms with Crippen molar-refractivity contribution in [3.8, 4) is 0 Å². The highest BCUT2D eigenvalue weighted by molar-refractivity contribution is 5.66. The minimum absolute atomic E-state index is 0.291. The van der Waals surface area contributed by atoms with Crippen molar-refractivity contribution >= 4 is 5.97 Å². The van der Waals surface area contributed by atoms with E-state index in [1.807, 2.05) is 61.5 Å². The van der Waals surface area contributed by atoms with Crippen molar-refractivity contribution in [2.75, 3.05) is 6.61 Å². The van der Waals surface area contributed by atoms with Crippen molar-refractivity contribution in [3.63, 3.8) is 0 Å². The van der Waals surface area contributed by atoms with Crippen LogP contribution in [0.25, 0.3) is 0 Å². The van der Waals surface area contributed by atoms with Crippen LogP contribution in [0.4, 0.5) is 0 Å². The zero-order valence-electron chi connectivity index (χ0n) is 16.4. The van der Waals surface area contributed by atoms with E-state index in [4.69, 9.17) is 9.47 Å². The molecule has 0 aliphatic carbocycles. The Balaban J connectivity index is 2.12. The van der Waals surface area contributed by atoms with Crippen molar-refractivity contribution in [2.24, 2.45) is 0 Å². The van der Waals surface area contributed by atoms with Gasteiger partial charge in [0.15, 0.2) is 0 Å². The van der Waals surface area contributed by atoms with Crippen LogP contribution in [0.1, 0.15) is 37.0 Å². The molecule has 0 saturated heterocycles. The molecular formula is C25H26O3. The topological polar surface area (TPSA) is 35.5 Å². The lowest BCUT2D eigenvalue weighted by atomic mass is 9.80. The van der Waals surface area contributed by atoms with Gasteiger partial charge in [0.1, 0.15) is 11.7 Å². The number of rotatable bonds is 8. The van der Waals surface area contributed by atoms with E-state index in [1.54, 1.807) is 0 Å². The highest BCUT2D eigenvalue weighted by Gasteiger charge is 2.38. The molecule has 3 aromatic rings. The van der Waals surface area contributed by atoms with Gasteiger partial charge in [-0.2, -0.15) is 0 Å². The van der Waals surface area contributed by atoms with Gasteiger partial charge in [0.25, 0.3) is 0 Å². The number of carbonyl (C=O) groups excluding carboxylic acids is 1. The molecule has 0 spiro atoms. The molecule has 0 heterocycles. The van der Waals surface area contributed by atoms with Crippen molar-refractivity contribution in [2.45, 2.75) is 32.0 Å². The van der Waals surface area contributed by atoms with Gasteiger partial charge in [-0.3, -0.25) is 4.79 Å². The first-order chi connectivity index (χ1) is 13.7. The molecule has 0 aliphatic rings. The minimum Gasteiger partial charge on any atom is -0.460 e. The van der Waals surface area contributed by atoms with E-state index in [9.17, 15) is 4.79 Å². The van der Waals surface area contributed by atoms with Crippen molar-refractivity contribution in [1.82, 2.24) is 0 Å². The van der Waals surface area contributed by atoms with E-state index < -0.39 is 5.60 Å². The Labute approximate surface area is 166 Å². The van der Waals surface area contributed by atoms with Gasteiger partial charge in [0, 0.05) is 6.92 Å². The molecule has 0 unspecified atom stereocenters. The molecule has 3 nitrogen and oxygen atoms in total. The van der Waals surface area contributed by atoms with E-state index in [-0.39, 0.29) is 12.1 Å². The molecular weight excluding hydrogens is 348 g/mol. The van der Waals surface area contributed by atoms with Crippen LogP contribution in [0.5, 0.6) is 0 Å². The predicted molar refractivity (Wildman–Crippen MR) is 111 cm³/mol. The van der Waals surface area contributed by atoms with Crippen molar-refractivity contribution in [1.29, 1.82) is 0 Å². The van der Waals surface area contributed by atoms with Crippen LogP contribution in [0.15, 0.2) is 91.0 Å². The van der Waals surface area contributed by atoms with Gasteiger partial charge in [0.2, 0.25) is 0 Å². The second-order valence-electron chi connectivity index (χ2n) is 6.73. The quantitative estimate of drug-likeness (QED) is 0.394. The first-order valence-corrected chi connectivity index (χ1v) is 9.64. The molecule has 28 heavy (non-hydrogen) atoms.